The molecule has 7 nitrogen and oxygen atoms in total. The molecule has 0 unspecified atom stereocenters. The Morgan fingerprint density at radius 3 is 1.69 bits per heavy atom. The highest BCUT2D eigenvalue weighted by atomic mass is 16.7. The predicted molar refractivity (Wildman–Crippen MR) is 133 cm³/mol. The van der Waals surface area contributed by atoms with Gasteiger partial charge in [-0.05, 0) is 16.7 Å². The SMILES string of the molecule is CC(=O)O[C@@H]1[C@@H](OCc2ccccc2)[C@@H](OCc2ccccc2)[C@@H](COCc2ccccc2)O[C@@H]1O. The molecule has 0 aliphatic carbocycles. The topological polar surface area (TPSA) is 83.5 Å². The smallest absolute Gasteiger partial charge is 0.303 e. The van der Waals surface area contributed by atoms with E-state index < -0.39 is 36.7 Å². The second kappa shape index (κ2) is 13.3. The van der Waals surface area contributed by atoms with Gasteiger partial charge in [-0.2, -0.15) is 0 Å². The van der Waals surface area contributed by atoms with Gasteiger partial charge in [0, 0.05) is 6.92 Å². The molecule has 0 bridgehead atoms. The van der Waals surface area contributed by atoms with Crippen LogP contribution in [0.15, 0.2) is 91.0 Å². The van der Waals surface area contributed by atoms with Gasteiger partial charge in [-0.15, -0.1) is 0 Å². The molecule has 190 valence electrons. The van der Waals surface area contributed by atoms with Crippen molar-refractivity contribution in [3.05, 3.63) is 108 Å². The summed E-state index contributed by atoms with van der Waals surface area (Å²) in [6.45, 7) is 2.36. The first-order valence-electron chi connectivity index (χ1n) is 12.0. The lowest BCUT2D eigenvalue weighted by Gasteiger charge is -2.44. The van der Waals surface area contributed by atoms with Gasteiger partial charge in [-0.25, -0.2) is 0 Å². The Labute approximate surface area is 211 Å². The summed E-state index contributed by atoms with van der Waals surface area (Å²) in [5, 5.41) is 10.8. The van der Waals surface area contributed by atoms with Gasteiger partial charge >= 0.3 is 5.97 Å². The average Bonchev–Trinajstić information content (AvgIpc) is 2.90. The molecule has 1 heterocycles. The third kappa shape index (κ3) is 7.46. The summed E-state index contributed by atoms with van der Waals surface area (Å²) in [7, 11) is 0. The molecule has 0 aromatic heterocycles. The Morgan fingerprint density at radius 1 is 0.722 bits per heavy atom. The zero-order valence-corrected chi connectivity index (χ0v) is 20.3. The maximum atomic E-state index is 11.9. The second-order valence-corrected chi connectivity index (χ2v) is 8.66. The molecule has 7 heteroatoms. The molecule has 0 radical (unpaired) electrons. The maximum Gasteiger partial charge on any atom is 0.303 e. The average molecular weight is 493 g/mol. The maximum absolute atomic E-state index is 11.9. The number of carbonyl (C=O) groups excluding carboxylic acids is 1. The lowest BCUT2D eigenvalue weighted by Crippen LogP contribution is -2.61. The van der Waals surface area contributed by atoms with Gasteiger partial charge in [0.05, 0.1) is 26.4 Å². The minimum Gasteiger partial charge on any atom is -0.454 e. The van der Waals surface area contributed by atoms with E-state index in [1.165, 1.54) is 6.92 Å². The van der Waals surface area contributed by atoms with Crippen molar-refractivity contribution in [2.75, 3.05) is 6.61 Å². The number of benzene rings is 3. The van der Waals surface area contributed by atoms with Crippen LogP contribution in [0.5, 0.6) is 0 Å². The first kappa shape index (κ1) is 26.0. The molecule has 1 N–H and O–H groups in total. The summed E-state index contributed by atoms with van der Waals surface area (Å²) in [6, 6.07) is 29.2. The zero-order chi connectivity index (χ0) is 25.2. The van der Waals surface area contributed by atoms with Crippen molar-refractivity contribution in [2.45, 2.75) is 57.5 Å². The van der Waals surface area contributed by atoms with Crippen LogP contribution in [-0.4, -0.2) is 48.4 Å². The van der Waals surface area contributed by atoms with Crippen LogP contribution in [-0.2, 0) is 48.3 Å². The van der Waals surface area contributed by atoms with Gasteiger partial charge in [0.25, 0.3) is 0 Å². The van der Waals surface area contributed by atoms with Gasteiger partial charge < -0.3 is 28.8 Å². The molecule has 1 fully saturated rings. The minimum absolute atomic E-state index is 0.156. The van der Waals surface area contributed by atoms with Crippen LogP contribution in [0, 0.1) is 0 Å². The quantitative estimate of drug-likeness (QED) is 0.405. The summed E-state index contributed by atoms with van der Waals surface area (Å²) in [5.74, 6) is -0.545. The van der Waals surface area contributed by atoms with Crippen LogP contribution in [0.1, 0.15) is 23.6 Å². The Bertz CT molecular complexity index is 1040. The number of aliphatic hydroxyl groups is 1. The van der Waals surface area contributed by atoms with E-state index in [4.69, 9.17) is 23.7 Å². The van der Waals surface area contributed by atoms with E-state index in [-0.39, 0.29) is 19.8 Å². The normalized spacial score (nSPS) is 23.8. The third-order valence-corrected chi connectivity index (χ3v) is 5.88. The molecule has 3 aromatic rings. The van der Waals surface area contributed by atoms with Crippen LogP contribution in [0.2, 0.25) is 0 Å². The Balaban J connectivity index is 1.53. The van der Waals surface area contributed by atoms with Gasteiger partial charge in [0.1, 0.15) is 18.3 Å². The molecule has 4 rings (SSSR count). The van der Waals surface area contributed by atoms with Crippen molar-refractivity contribution in [2.24, 2.45) is 0 Å². The van der Waals surface area contributed by atoms with E-state index in [1.807, 2.05) is 91.0 Å². The molecule has 3 aromatic carbocycles. The van der Waals surface area contributed by atoms with Crippen molar-refractivity contribution in [1.82, 2.24) is 0 Å². The number of rotatable bonds is 11. The van der Waals surface area contributed by atoms with Crippen LogP contribution in [0.4, 0.5) is 0 Å². The fourth-order valence-electron chi connectivity index (χ4n) is 4.14. The van der Waals surface area contributed by atoms with Crippen molar-refractivity contribution in [3.8, 4) is 0 Å². The minimum atomic E-state index is -1.39. The number of carbonyl (C=O) groups is 1. The summed E-state index contributed by atoms with van der Waals surface area (Å²) >= 11 is 0. The van der Waals surface area contributed by atoms with E-state index in [9.17, 15) is 9.90 Å². The number of ether oxygens (including phenoxy) is 5. The van der Waals surface area contributed by atoms with E-state index in [0.717, 1.165) is 16.7 Å². The van der Waals surface area contributed by atoms with E-state index in [1.54, 1.807) is 0 Å². The largest absolute Gasteiger partial charge is 0.454 e. The van der Waals surface area contributed by atoms with Crippen LogP contribution < -0.4 is 0 Å². The number of aliphatic hydroxyl groups excluding tert-OH is 1. The number of hydrogen-bond acceptors (Lipinski definition) is 7. The molecule has 1 saturated heterocycles. The van der Waals surface area contributed by atoms with Crippen LogP contribution >= 0.6 is 0 Å². The fourth-order valence-corrected chi connectivity index (χ4v) is 4.14. The van der Waals surface area contributed by atoms with Gasteiger partial charge in [0.2, 0.25) is 0 Å². The van der Waals surface area contributed by atoms with Gasteiger partial charge in [0.15, 0.2) is 12.4 Å². The van der Waals surface area contributed by atoms with Crippen LogP contribution in [0.3, 0.4) is 0 Å². The lowest BCUT2D eigenvalue weighted by molar-refractivity contribution is -0.309. The molecular formula is C29H32O7. The summed E-state index contributed by atoms with van der Waals surface area (Å²) in [6.07, 6.45) is -4.56. The highest BCUT2D eigenvalue weighted by molar-refractivity contribution is 5.66. The summed E-state index contributed by atoms with van der Waals surface area (Å²) in [5.41, 5.74) is 2.93. The predicted octanol–water partition coefficient (Wildman–Crippen LogP) is 4.02. The van der Waals surface area contributed by atoms with Gasteiger partial charge in [-0.3, -0.25) is 4.79 Å². The zero-order valence-electron chi connectivity index (χ0n) is 20.3. The molecule has 1 aliphatic rings. The first-order valence-corrected chi connectivity index (χ1v) is 12.0. The third-order valence-electron chi connectivity index (χ3n) is 5.88. The fraction of sp³-hybridized carbons (Fsp3) is 0.345. The lowest BCUT2D eigenvalue weighted by atomic mass is 9.98. The van der Waals surface area contributed by atoms with E-state index in [2.05, 4.69) is 0 Å². The number of hydrogen-bond donors (Lipinski definition) is 1. The summed E-state index contributed by atoms with van der Waals surface area (Å²) < 4.78 is 29.8. The molecule has 0 saturated carbocycles. The molecule has 0 spiro atoms. The van der Waals surface area contributed by atoms with Crippen LogP contribution in [0.25, 0.3) is 0 Å². The highest BCUT2D eigenvalue weighted by Gasteiger charge is 2.49. The molecule has 5 atom stereocenters. The Hall–Kier alpha value is -3.07. The highest BCUT2D eigenvalue weighted by Crippen LogP contribution is 2.29. The van der Waals surface area contributed by atoms with E-state index >= 15 is 0 Å². The molecule has 0 amide bonds. The van der Waals surface area contributed by atoms with E-state index in [0.29, 0.717) is 6.61 Å². The molecular weight excluding hydrogens is 460 g/mol. The Kier molecular flexibility index (Phi) is 9.61. The van der Waals surface area contributed by atoms with Crippen molar-refractivity contribution in [3.63, 3.8) is 0 Å². The first-order chi connectivity index (χ1) is 17.6. The monoisotopic (exact) mass is 492 g/mol. The summed E-state index contributed by atoms with van der Waals surface area (Å²) in [4.78, 5) is 11.9. The van der Waals surface area contributed by atoms with Crippen molar-refractivity contribution in [1.29, 1.82) is 0 Å². The van der Waals surface area contributed by atoms with Crippen molar-refractivity contribution < 1.29 is 33.6 Å². The van der Waals surface area contributed by atoms with Gasteiger partial charge in [-0.1, -0.05) is 91.0 Å². The molecule has 36 heavy (non-hydrogen) atoms. The standard InChI is InChI=1S/C29H32O7/c1-21(30)35-28-27(34-19-24-15-9-4-10-16-24)26(33-18-23-13-7-3-8-14-23)25(36-29(28)31)20-32-17-22-11-5-2-6-12-22/h2-16,25-29,31H,17-20H2,1H3/t25-,26+,27+,28-,29+/m1/s1. The molecule has 1 aliphatic heterocycles. The number of esters is 1. The Morgan fingerprint density at radius 2 is 1.19 bits per heavy atom. The van der Waals surface area contributed by atoms with Crippen molar-refractivity contribution >= 4 is 5.97 Å². The second-order valence-electron chi connectivity index (χ2n) is 8.66.